The van der Waals surface area contributed by atoms with Gasteiger partial charge in [-0.25, -0.2) is 0 Å². The number of nitrogens with two attached hydrogens (primary N) is 2. The minimum absolute atomic E-state index is 0.0244. The van der Waals surface area contributed by atoms with E-state index in [1.807, 2.05) is 0 Å². The normalized spacial score (nSPS) is 25.1. The molecule has 0 saturated heterocycles. The Balaban J connectivity index is 2.43. The molecule has 1 aliphatic rings. The molecule has 5 nitrogen and oxygen atoms in total. The molecule has 5 N–H and O–H groups in total. The monoisotopic (exact) mass is 227 g/mol. The molecule has 2 amide bonds. The zero-order chi connectivity index (χ0) is 12.0. The number of rotatable bonds is 5. The van der Waals surface area contributed by atoms with Gasteiger partial charge in [-0.1, -0.05) is 12.8 Å². The number of carbonyl (C=O) groups is 2. The Kier molecular flexibility index (Phi) is 5.25. The third-order valence-corrected chi connectivity index (χ3v) is 3.09. The quantitative estimate of drug-likeness (QED) is 0.611. The molecule has 2 atom stereocenters. The SMILES string of the molecule is NCCCC(=O)NC1CCCCC1C(N)=O. The molecule has 92 valence electrons. The van der Waals surface area contributed by atoms with Crippen LogP contribution in [0.2, 0.25) is 0 Å². The maximum Gasteiger partial charge on any atom is 0.222 e. The van der Waals surface area contributed by atoms with Gasteiger partial charge in [-0.3, -0.25) is 9.59 Å². The van der Waals surface area contributed by atoms with Gasteiger partial charge in [-0.15, -0.1) is 0 Å². The summed E-state index contributed by atoms with van der Waals surface area (Å²) in [6, 6.07) is -0.0727. The fourth-order valence-corrected chi connectivity index (χ4v) is 2.19. The molecule has 1 saturated carbocycles. The molecular weight excluding hydrogens is 206 g/mol. The van der Waals surface area contributed by atoms with Crippen molar-refractivity contribution in [1.29, 1.82) is 0 Å². The van der Waals surface area contributed by atoms with E-state index in [4.69, 9.17) is 11.5 Å². The van der Waals surface area contributed by atoms with Gasteiger partial charge in [0.2, 0.25) is 11.8 Å². The van der Waals surface area contributed by atoms with Crippen molar-refractivity contribution in [3.63, 3.8) is 0 Å². The summed E-state index contributed by atoms with van der Waals surface area (Å²) < 4.78 is 0. The Bertz CT molecular complexity index is 256. The highest BCUT2D eigenvalue weighted by molar-refractivity contribution is 5.80. The Labute approximate surface area is 95.9 Å². The van der Waals surface area contributed by atoms with Crippen LogP contribution in [-0.4, -0.2) is 24.4 Å². The average molecular weight is 227 g/mol. The van der Waals surface area contributed by atoms with E-state index in [0.717, 1.165) is 25.7 Å². The maximum atomic E-state index is 11.5. The molecule has 0 bridgehead atoms. The lowest BCUT2D eigenvalue weighted by Crippen LogP contribution is -2.47. The summed E-state index contributed by atoms with van der Waals surface area (Å²) in [5.41, 5.74) is 10.7. The topological polar surface area (TPSA) is 98.2 Å². The van der Waals surface area contributed by atoms with Gasteiger partial charge in [0.05, 0.1) is 5.92 Å². The second-order valence-electron chi connectivity index (χ2n) is 4.36. The predicted molar refractivity (Wildman–Crippen MR) is 61.4 cm³/mol. The molecule has 5 heteroatoms. The summed E-state index contributed by atoms with van der Waals surface area (Å²) in [7, 11) is 0. The molecule has 0 aromatic carbocycles. The predicted octanol–water partition coefficient (Wildman–Crippen LogP) is -0.114. The van der Waals surface area contributed by atoms with Gasteiger partial charge in [-0.05, 0) is 25.8 Å². The van der Waals surface area contributed by atoms with Gasteiger partial charge in [0.1, 0.15) is 0 Å². The summed E-state index contributed by atoms with van der Waals surface area (Å²) in [4.78, 5) is 22.7. The second kappa shape index (κ2) is 6.48. The first-order valence-corrected chi connectivity index (χ1v) is 5.94. The average Bonchev–Trinajstić information content (AvgIpc) is 2.27. The van der Waals surface area contributed by atoms with Crippen molar-refractivity contribution in [3.05, 3.63) is 0 Å². The standard InChI is InChI=1S/C11H21N3O2/c12-7-3-6-10(15)14-9-5-2-1-4-8(9)11(13)16/h8-9H,1-7,12H2,(H2,13,16)(H,14,15). The number of carbonyl (C=O) groups excluding carboxylic acids is 2. The summed E-state index contributed by atoms with van der Waals surface area (Å²) >= 11 is 0. The van der Waals surface area contributed by atoms with E-state index in [1.165, 1.54) is 0 Å². The van der Waals surface area contributed by atoms with Crippen molar-refractivity contribution < 1.29 is 9.59 Å². The lowest BCUT2D eigenvalue weighted by molar-refractivity contribution is -0.126. The van der Waals surface area contributed by atoms with Crippen LogP contribution in [0.15, 0.2) is 0 Å². The molecule has 1 aliphatic carbocycles. The molecule has 1 fully saturated rings. The third kappa shape index (κ3) is 3.81. The first-order valence-electron chi connectivity index (χ1n) is 5.94. The Hall–Kier alpha value is -1.10. The van der Waals surface area contributed by atoms with E-state index >= 15 is 0 Å². The smallest absolute Gasteiger partial charge is 0.222 e. The van der Waals surface area contributed by atoms with Crippen LogP contribution in [0.3, 0.4) is 0 Å². The highest BCUT2D eigenvalue weighted by Crippen LogP contribution is 2.24. The molecule has 0 aliphatic heterocycles. The number of amides is 2. The van der Waals surface area contributed by atoms with Crippen molar-refractivity contribution in [2.24, 2.45) is 17.4 Å². The van der Waals surface area contributed by atoms with E-state index in [0.29, 0.717) is 19.4 Å². The first-order chi connectivity index (χ1) is 7.65. The molecule has 16 heavy (non-hydrogen) atoms. The highest BCUT2D eigenvalue weighted by atomic mass is 16.2. The second-order valence-corrected chi connectivity index (χ2v) is 4.36. The Morgan fingerprint density at radius 3 is 2.56 bits per heavy atom. The van der Waals surface area contributed by atoms with Crippen molar-refractivity contribution >= 4 is 11.8 Å². The van der Waals surface area contributed by atoms with Crippen LogP contribution in [0, 0.1) is 5.92 Å². The lowest BCUT2D eigenvalue weighted by atomic mass is 9.84. The third-order valence-electron chi connectivity index (χ3n) is 3.09. The number of hydrogen-bond acceptors (Lipinski definition) is 3. The van der Waals surface area contributed by atoms with Crippen LogP contribution in [0.25, 0.3) is 0 Å². The summed E-state index contributed by atoms with van der Waals surface area (Å²) in [6.45, 7) is 0.511. The minimum Gasteiger partial charge on any atom is -0.369 e. The Morgan fingerprint density at radius 1 is 1.25 bits per heavy atom. The highest BCUT2D eigenvalue weighted by Gasteiger charge is 2.30. The molecule has 0 aromatic heterocycles. The van der Waals surface area contributed by atoms with E-state index in [-0.39, 0.29) is 23.8 Å². The van der Waals surface area contributed by atoms with E-state index in [1.54, 1.807) is 0 Å². The molecular formula is C11H21N3O2. The van der Waals surface area contributed by atoms with Crippen LogP contribution in [0.5, 0.6) is 0 Å². The van der Waals surface area contributed by atoms with Gasteiger partial charge in [0.15, 0.2) is 0 Å². The zero-order valence-electron chi connectivity index (χ0n) is 9.58. The summed E-state index contributed by atoms with van der Waals surface area (Å²) in [5, 5.41) is 2.89. The number of nitrogens with one attached hydrogen (secondary N) is 1. The lowest BCUT2D eigenvalue weighted by Gasteiger charge is -2.29. The fourth-order valence-electron chi connectivity index (χ4n) is 2.19. The van der Waals surface area contributed by atoms with Crippen molar-refractivity contribution in [1.82, 2.24) is 5.32 Å². The Morgan fingerprint density at radius 2 is 1.94 bits per heavy atom. The molecule has 0 aromatic rings. The van der Waals surface area contributed by atoms with Gasteiger partial charge in [0.25, 0.3) is 0 Å². The van der Waals surface area contributed by atoms with Crippen LogP contribution >= 0.6 is 0 Å². The fraction of sp³-hybridized carbons (Fsp3) is 0.818. The largest absolute Gasteiger partial charge is 0.369 e. The van der Waals surface area contributed by atoms with Crippen LogP contribution in [0.1, 0.15) is 38.5 Å². The van der Waals surface area contributed by atoms with Gasteiger partial charge in [0, 0.05) is 12.5 Å². The minimum atomic E-state index is -0.302. The molecule has 0 radical (unpaired) electrons. The van der Waals surface area contributed by atoms with Crippen molar-refractivity contribution in [3.8, 4) is 0 Å². The van der Waals surface area contributed by atoms with E-state index in [2.05, 4.69) is 5.32 Å². The number of primary amides is 1. The molecule has 1 rings (SSSR count). The van der Waals surface area contributed by atoms with Crippen LogP contribution in [0.4, 0.5) is 0 Å². The van der Waals surface area contributed by atoms with Gasteiger partial charge in [-0.2, -0.15) is 0 Å². The maximum absolute atomic E-state index is 11.5. The summed E-state index contributed by atoms with van der Waals surface area (Å²) in [6.07, 6.45) is 4.81. The zero-order valence-corrected chi connectivity index (χ0v) is 9.58. The van der Waals surface area contributed by atoms with Crippen LogP contribution < -0.4 is 16.8 Å². The van der Waals surface area contributed by atoms with Gasteiger partial charge >= 0.3 is 0 Å². The number of hydrogen-bond donors (Lipinski definition) is 3. The van der Waals surface area contributed by atoms with Crippen molar-refractivity contribution in [2.45, 2.75) is 44.6 Å². The van der Waals surface area contributed by atoms with Crippen molar-refractivity contribution in [2.75, 3.05) is 6.54 Å². The van der Waals surface area contributed by atoms with E-state index in [9.17, 15) is 9.59 Å². The first kappa shape index (κ1) is 13.0. The molecule has 2 unspecified atom stereocenters. The van der Waals surface area contributed by atoms with Crippen LogP contribution in [-0.2, 0) is 9.59 Å². The molecule has 0 heterocycles. The summed E-state index contributed by atoms with van der Waals surface area (Å²) in [5.74, 6) is -0.525. The van der Waals surface area contributed by atoms with E-state index < -0.39 is 0 Å². The molecule has 0 spiro atoms. The van der Waals surface area contributed by atoms with Gasteiger partial charge < -0.3 is 16.8 Å².